The van der Waals surface area contributed by atoms with Crippen LogP contribution in [0.15, 0.2) is 24.3 Å². The first-order valence-electron chi connectivity index (χ1n) is 6.21. The molecular weight excluding hydrogens is 256 g/mol. The smallest absolute Gasteiger partial charge is 0.278 e. The Balaban J connectivity index is 2.43. The number of ketones is 1. The number of benzene rings is 1. The fourth-order valence-electron chi connectivity index (χ4n) is 2.21. The molecule has 0 bridgehead atoms. The molecule has 0 aliphatic carbocycles. The van der Waals surface area contributed by atoms with Crippen LogP contribution in [0.25, 0.3) is 0 Å². The Morgan fingerprint density at radius 1 is 1.15 bits per heavy atom. The van der Waals surface area contributed by atoms with E-state index in [1.807, 2.05) is 0 Å². The van der Waals surface area contributed by atoms with Crippen LogP contribution >= 0.6 is 0 Å². The maximum Gasteiger partial charge on any atom is 0.278 e. The van der Waals surface area contributed by atoms with Crippen LogP contribution in [0, 0.1) is 13.8 Å². The minimum atomic E-state index is -0.263. The number of carbonyl (C=O) groups excluding carboxylic acids is 2. The number of carbonyl (C=O) groups is 2. The summed E-state index contributed by atoms with van der Waals surface area (Å²) in [6.07, 6.45) is 0. The van der Waals surface area contributed by atoms with Crippen LogP contribution < -0.4 is 4.74 Å². The van der Waals surface area contributed by atoms with Gasteiger partial charge in [-0.3, -0.25) is 9.59 Å². The minimum Gasteiger partial charge on any atom is -0.497 e. The quantitative estimate of drug-likeness (QED) is 0.805. The third kappa shape index (κ3) is 2.34. The van der Waals surface area contributed by atoms with Gasteiger partial charge >= 0.3 is 0 Å². The summed E-state index contributed by atoms with van der Waals surface area (Å²) in [6, 6.07) is 6.77. The molecule has 1 aromatic carbocycles. The number of hydrogen-bond acceptors (Lipinski definition) is 4. The number of rotatable bonds is 3. The SMILES string of the molecule is COc1ccc(C(=O)n2nc(C)c(C(C)=O)c2C)cc1. The molecule has 5 heteroatoms. The number of hydrogen-bond donors (Lipinski definition) is 0. The first-order valence-corrected chi connectivity index (χ1v) is 6.21. The standard InChI is InChI=1S/C15H16N2O3/c1-9-14(11(3)18)10(2)17(16-9)15(19)12-5-7-13(20-4)8-6-12/h5-8H,1-4H3. The molecule has 0 N–H and O–H groups in total. The second-order valence-corrected chi connectivity index (χ2v) is 4.55. The second-order valence-electron chi connectivity index (χ2n) is 4.55. The molecule has 0 saturated carbocycles. The Morgan fingerprint density at radius 3 is 2.20 bits per heavy atom. The summed E-state index contributed by atoms with van der Waals surface area (Å²) in [5.74, 6) is 0.328. The van der Waals surface area contributed by atoms with Crippen molar-refractivity contribution < 1.29 is 14.3 Å². The molecule has 0 radical (unpaired) electrons. The van der Waals surface area contributed by atoms with Gasteiger partial charge in [0, 0.05) is 5.56 Å². The maximum absolute atomic E-state index is 12.4. The van der Waals surface area contributed by atoms with E-state index < -0.39 is 0 Å². The van der Waals surface area contributed by atoms with Gasteiger partial charge in [0.05, 0.1) is 24.1 Å². The molecule has 0 atom stereocenters. The van der Waals surface area contributed by atoms with E-state index in [4.69, 9.17) is 4.74 Å². The summed E-state index contributed by atoms with van der Waals surface area (Å²) < 4.78 is 6.33. The van der Waals surface area contributed by atoms with Crippen molar-refractivity contribution in [2.24, 2.45) is 0 Å². The monoisotopic (exact) mass is 272 g/mol. The minimum absolute atomic E-state index is 0.0891. The number of nitrogens with zero attached hydrogens (tertiary/aromatic N) is 2. The topological polar surface area (TPSA) is 61.2 Å². The molecule has 0 amide bonds. The Morgan fingerprint density at radius 2 is 1.75 bits per heavy atom. The molecule has 0 unspecified atom stereocenters. The van der Waals surface area contributed by atoms with Gasteiger partial charge < -0.3 is 4.74 Å². The number of aryl methyl sites for hydroxylation is 1. The fourth-order valence-corrected chi connectivity index (χ4v) is 2.21. The van der Waals surface area contributed by atoms with Crippen molar-refractivity contribution in [3.05, 3.63) is 46.8 Å². The molecule has 2 rings (SSSR count). The van der Waals surface area contributed by atoms with E-state index in [1.165, 1.54) is 11.6 Å². The normalized spacial score (nSPS) is 10.4. The van der Waals surface area contributed by atoms with Crippen LogP contribution in [0.1, 0.15) is 39.0 Å². The molecule has 0 fully saturated rings. The average molecular weight is 272 g/mol. The van der Waals surface area contributed by atoms with Gasteiger partial charge in [-0.25, -0.2) is 4.68 Å². The highest BCUT2D eigenvalue weighted by Gasteiger charge is 2.20. The third-order valence-corrected chi connectivity index (χ3v) is 3.17. The third-order valence-electron chi connectivity index (χ3n) is 3.17. The van der Waals surface area contributed by atoms with Crippen molar-refractivity contribution in [2.75, 3.05) is 7.11 Å². The lowest BCUT2D eigenvalue weighted by Gasteiger charge is -2.05. The van der Waals surface area contributed by atoms with Crippen LogP contribution in [0.5, 0.6) is 5.75 Å². The Bertz CT molecular complexity index is 669. The van der Waals surface area contributed by atoms with Crippen LogP contribution in [0.3, 0.4) is 0 Å². The number of ether oxygens (including phenoxy) is 1. The molecule has 1 aromatic heterocycles. The van der Waals surface area contributed by atoms with E-state index in [0.29, 0.717) is 28.3 Å². The zero-order valence-corrected chi connectivity index (χ0v) is 11.9. The average Bonchev–Trinajstić information content (AvgIpc) is 2.73. The van der Waals surface area contributed by atoms with Gasteiger partial charge in [-0.15, -0.1) is 0 Å². The molecule has 104 valence electrons. The van der Waals surface area contributed by atoms with Crippen LogP contribution in [-0.4, -0.2) is 28.6 Å². The molecular formula is C15H16N2O3. The van der Waals surface area contributed by atoms with Gasteiger partial charge in [0.2, 0.25) is 0 Å². The first kappa shape index (κ1) is 14.0. The lowest BCUT2D eigenvalue weighted by Crippen LogP contribution is -2.15. The van der Waals surface area contributed by atoms with E-state index in [-0.39, 0.29) is 11.7 Å². The number of methoxy groups -OCH3 is 1. The first-order chi connectivity index (χ1) is 9.45. The zero-order chi connectivity index (χ0) is 14.9. The zero-order valence-electron chi connectivity index (χ0n) is 11.9. The number of aromatic nitrogens is 2. The summed E-state index contributed by atoms with van der Waals surface area (Å²) in [7, 11) is 1.57. The molecule has 0 spiro atoms. The van der Waals surface area contributed by atoms with Gasteiger partial charge in [-0.05, 0) is 45.0 Å². The van der Waals surface area contributed by atoms with E-state index in [0.717, 1.165) is 0 Å². The Labute approximate surface area is 117 Å². The highest BCUT2D eigenvalue weighted by Crippen LogP contribution is 2.17. The van der Waals surface area contributed by atoms with Crippen molar-refractivity contribution in [3.63, 3.8) is 0 Å². The van der Waals surface area contributed by atoms with E-state index in [9.17, 15) is 9.59 Å². The molecule has 5 nitrogen and oxygen atoms in total. The van der Waals surface area contributed by atoms with Crippen LogP contribution in [0.2, 0.25) is 0 Å². The highest BCUT2D eigenvalue weighted by atomic mass is 16.5. The van der Waals surface area contributed by atoms with Crippen molar-refractivity contribution in [1.29, 1.82) is 0 Å². The Kier molecular flexibility index (Phi) is 3.70. The van der Waals surface area contributed by atoms with Gasteiger partial charge in [0.25, 0.3) is 5.91 Å². The molecule has 0 aliphatic heterocycles. The molecule has 1 heterocycles. The van der Waals surface area contributed by atoms with Crippen LogP contribution in [0.4, 0.5) is 0 Å². The van der Waals surface area contributed by atoms with Crippen molar-refractivity contribution in [1.82, 2.24) is 9.78 Å². The van der Waals surface area contributed by atoms with Gasteiger partial charge in [0.1, 0.15) is 5.75 Å². The predicted octanol–water partition coefficient (Wildman–Crippen LogP) is 2.40. The molecule has 0 saturated heterocycles. The van der Waals surface area contributed by atoms with Gasteiger partial charge in [0.15, 0.2) is 5.78 Å². The highest BCUT2D eigenvalue weighted by molar-refractivity contribution is 6.00. The Hall–Kier alpha value is -2.43. The van der Waals surface area contributed by atoms with E-state index >= 15 is 0 Å². The van der Waals surface area contributed by atoms with Crippen molar-refractivity contribution >= 4 is 11.7 Å². The molecule has 0 aliphatic rings. The molecule has 20 heavy (non-hydrogen) atoms. The van der Waals surface area contributed by atoms with Crippen molar-refractivity contribution in [2.45, 2.75) is 20.8 Å². The fraction of sp³-hybridized carbons (Fsp3) is 0.267. The summed E-state index contributed by atoms with van der Waals surface area (Å²) in [4.78, 5) is 24.0. The van der Waals surface area contributed by atoms with Crippen LogP contribution in [-0.2, 0) is 0 Å². The summed E-state index contributed by atoms with van der Waals surface area (Å²) in [6.45, 7) is 4.92. The van der Waals surface area contributed by atoms with Gasteiger partial charge in [-0.1, -0.05) is 0 Å². The van der Waals surface area contributed by atoms with E-state index in [1.54, 1.807) is 45.2 Å². The van der Waals surface area contributed by atoms with Gasteiger partial charge in [-0.2, -0.15) is 5.10 Å². The molecule has 2 aromatic rings. The van der Waals surface area contributed by atoms with E-state index in [2.05, 4.69) is 5.10 Å². The number of Topliss-reactive ketones (excluding diaryl/α,β-unsaturated/α-hetero) is 1. The lowest BCUT2D eigenvalue weighted by atomic mass is 10.1. The predicted molar refractivity (Wildman–Crippen MR) is 74.4 cm³/mol. The lowest BCUT2D eigenvalue weighted by molar-refractivity contribution is 0.0942. The largest absolute Gasteiger partial charge is 0.497 e. The summed E-state index contributed by atoms with van der Waals surface area (Å²) >= 11 is 0. The summed E-state index contributed by atoms with van der Waals surface area (Å²) in [5, 5.41) is 4.17. The second kappa shape index (κ2) is 5.28. The van der Waals surface area contributed by atoms with Crippen molar-refractivity contribution in [3.8, 4) is 5.75 Å². The maximum atomic E-state index is 12.4. The summed E-state index contributed by atoms with van der Waals surface area (Å²) in [5.41, 5.74) is 2.13.